The molecule has 2 rings (SSSR count). The molecule has 0 radical (unpaired) electrons. The lowest BCUT2D eigenvalue weighted by molar-refractivity contribution is 0.309. The number of hydrogen-bond acceptors (Lipinski definition) is 4. The van der Waals surface area contributed by atoms with Crippen molar-refractivity contribution in [3.8, 4) is 5.75 Å². The largest absolute Gasteiger partial charge is 0.494 e. The number of nitrogens with zero attached hydrogens (tertiary/aromatic N) is 4. The molecule has 0 saturated heterocycles. The zero-order chi connectivity index (χ0) is 12.6. The van der Waals surface area contributed by atoms with Crippen LogP contribution < -0.4 is 4.74 Å². The Morgan fingerprint density at radius 2 is 1.94 bits per heavy atom. The number of rotatable bonds is 6. The molecule has 0 aliphatic heterocycles. The summed E-state index contributed by atoms with van der Waals surface area (Å²) in [4.78, 5) is 0. The quantitative estimate of drug-likeness (QED) is 0.579. The molecule has 0 N–H and O–H groups in total. The minimum Gasteiger partial charge on any atom is -0.494 e. The molecule has 0 amide bonds. The first kappa shape index (κ1) is 12.3. The van der Waals surface area contributed by atoms with Gasteiger partial charge in [-0.15, -0.1) is 10.2 Å². The molecular formula is C13H16N4O. The van der Waals surface area contributed by atoms with Crippen LogP contribution in [-0.2, 0) is 0 Å². The molecule has 2 aromatic rings. The molecule has 5 nitrogen and oxygen atoms in total. The average molecular weight is 244 g/mol. The maximum atomic E-state index is 5.58. The first-order chi connectivity index (χ1) is 8.88. The van der Waals surface area contributed by atoms with Crippen molar-refractivity contribution in [3.63, 3.8) is 0 Å². The van der Waals surface area contributed by atoms with Gasteiger partial charge in [-0.3, -0.25) is 0 Å². The first-order valence-electron chi connectivity index (χ1n) is 6.00. The average Bonchev–Trinajstić information content (AvgIpc) is 2.91. The van der Waals surface area contributed by atoms with Gasteiger partial charge in [0.25, 0.3) is 0 Å². The minimum atomic E-state index is 0.768. The Morgan fingerprint density at radius 1 is 1.22 bits per heavy atom. The van der Waals surface area contributed by atoms with Crippen molar-refractivity contribution in [1.29, 1.82) is 0 Å². The van der Waals surface area contributed by atoms with Crippen LogP contribution in [0.25, 0.3) is 0 Å². The Balaban J connectivity index is 1.91. The lowest BCUT2D eigenvalue weighted by Gasteiger charge is -2.04. The molecule has 0 aliphatic rings. The van der Waals surface area contributed by atoms with Crippen molar-refractivity contribution >= 4 is 6.21 Å². The van der Waals surface area contributed by atoms with E-state index in [1.54, 1.807) is 23.5 Å². The van der Waals surface area contributed by atoms with Gasteiger partial charge in [0.15, 0.2) is 0 Å². The fourth-order valence-corrected chi connectivity index (χ4v) is 1.37. The van der Waals surface area contributed by atoms with Gasteiger partial charge in [0.05, 0.1) is 12.8 Å². The van der Waals surface area contributed by atoms with Crippen LogP contribution in [0.1, 0.15) is 25.3 Å². The zero-order valence-electron chi connectivity index (χ0n) is 10.4. The molecule has 0 bridgehead atoms. The highest BCUT2D eigenvalue weighted by Crippen LogP contribution is 2.11. The van der Waals surface area contributed by atoms with Gasteiger partial charge in [-0.1, -0.05) is 13.3 Å². The number of ether oxygens (including phenoxy) is 1. The summed E-state index contributed by atoms with van der Waals surface area (Å²) in [5.41, 5.74) is 1.01. The molecule has 1 heterocycles. The highest BCUT2D eigenvalue weighted by atomic mass is 16.5. The van der Waals surface area contributed by atoms with Gasteiger partial charge in [-0.25, -0.2) is 4.68 Å². The van der Waals surface area contributed by atoms with E-state index in [2.05, 4.69) is 22.2 Å². The Bertz CT molecular complexity index is 476. The summed E-state index contributed by atoms with van der Waals surface area (Å²) in [7, 11) is 0. The predicted octanol–water partition coefficient (Wildman–Crippen LogP) is 2.34. The van der Waals surface area contributed by atoms with Crippen LogP contribution in [0.15, 0.2) is 42.0 Å². The number of aromatic nitrogens is 3. The zero-order valence-corrected chi connectivity index (χ0v) is 10.4. The summed E-state index contributed by atoms with van der Waals surface area (Å²) in [5, 5.41) is 11.5. The lowest BCUT2D eigenvalue weighted by atomic mass is 10.2. The Hall–Kier alpha value is -2.17. The molecule has 1 aromatic carbocycles. The Kier molecular flexibility index (Phi) is 4.46. The van der Waals surface area contributed by atoms with E-state index >= 15 is 0 Å². The van der Waals surface area contributed by atoms with Crippen molar-refractivity contribution in [3.05, 3.63) is 42.5 Å². The van der Waals surface area contributed by atoms with E-state index in [0.717, 1.165) is 30.8 Å². The van der Waals surface area contributed by atoms with Crippen molar-refractivity contribution in [2.75, 3.05) is 6.61 Å². The maximum Gasteiger partial charge on any atom is 0.141 e. The number of unbranched alkanes of at least 4 members (excludes halogenated alkanes) is 1. The molecule has 0 atom stereocenters. The second-order valence-electron chi connectivity index (χ2n) is 3.86. The smallest absolute Gasteiger partial charge is 0.141 e. The highest BCUT2D eigenvalue weighted by molar-refractivity contribution is 5.79. The normalized spacial score (nSPS) is 10.9. The molecule has 94 valence electrons. The number of benzene rings is 1. The van der Waals surface area contributed by atoms with E-state index in [4.69, 9.17) is 4.74 Å². The monoisotopic (exact) mass is 244 g/mol. The molecule has 0 spiro atoms. The summed E-state index contributed by atoms with van der Waals surface area (Å²) in [6.45, 7) is 2.92. The van der Waals surface area contributed by atoms with Crippen molar-refractivity contribution in [1.82, 2.24) is 14.9 Å². The van der Waals surface area contributed by atoms with Crippen LogP contribution in [-0.4, -0.2) is 27.7 Å². The van der Waals surface area contributed by atoms with E-state index in [9.17, 15) is 0 Å². The molecule has 0 saturated carbocycles. The second kappa shape index (κ2) is 6.54. The van der Waals surface area contributed by atoms with Crippen LogP contribution in [0.2, 0.25) is 0 Å². The summed E-state index contributed by atoms with van der Waals surface area (Å²) in [5.74, 6) is 0.893. The molecule has 0 unspecified atom stereocenters. The van der Waals surface area contributed by atoms with E-state index in [1.165, 1.54) is 0 Å². The van der Waals surface area contributed by atoms with Gasteiger partial charge < -0.3 is 4.74 Å². The fraction of sp³-hybridized carbons (Fsp3) is 0.308. The lowest BCUT2D eigenvalue weighted by Crippen LogP contribution is -1.96. The van der Waals surface area contributed by atoms with Gasteiger partial charge >= 0.3 is 0 Å². The molecular weight excluding hydrogens is 228 g/mol. The van der Waals surface area contributed by atoms with Crippen LogP contribution in [0.5, 0.6) is 5.75 Å². The maximum absolute atomic E-state index is 5.58. The highest BCUT2D eigenvalue weighted by Gasteiger charge is 1.93. The third-order valence-corrected chi connectivity index (χ3v) is 2.39. The van der Waals surface area contributed by atoms with Gasteiger partial charge in [-0.2, -0.15) is 5.10 Å². The summed E-state index contributed by atoms with van der Waals surface area (Å²) < 4.78 is 7.13. The molecule has 5 heteroatoms. The van der Waals surface area contributed by atoms with Crippen molar-refractivity contribution in [2.45, 2.75) is 19.8 Å². The van der Waals surface area contributed by atoms with Crippen LogP contribution in [0.3, 0.4) is 0 Å². The van der Waals surface area contributed by atoms with Gasteiger partial charge in [0, 0.05) is 0 Å². The fourth-order valence-electron chi connectivity index (χ4n) is 1.37. The standard InChI is InChI=1S/C13H16N4O/c1-2-3-8-18-13-6-4-12(5-7-13)9-16-17-10-14-15-11-17/h4-7,9-11H,2-3,8H2,1H3/b16-9+. The summed E-state index contributed by atoms with van der Waals surface area (Å²) >= 11 is 0. The SMILES string of the molecule is CCCCOc1ccc(/C=N/n2cnnc2)cc1. The minimum absolute atomic E-state index is 0.768. The van der Waals surface area contributed by atoms with Crippen LogP contribution in [0, 0.1) is 0 Å². The number of hydrogen-bond donors (Lipinski definition) is 0. The summed E-state index contributed by atoms with van der Waals surface area (Å²) in [6.07, 6.45) is 7.05. The van der Waals surface area contributed by atoms with Gasteiger partial charge in [-0.05, 0) is 36.2 Å². The van der Waals surface area contributed by atoms with Crippen LogP contribution in [0.4, 0.5) is 0 Å². The van der Waals surface area contributed by atoms with E-state index in [1.807, 2.05) is 24.3 Å². The third-order valence-electron chi connectivity index (χ3n) is 2.39. The van der Waals surface area contributed by atoms with Crippen molar-refractivity contribution in [2.24, 2.45) is 5.10 Å². The van der Waals surface area contributed by atoms with Crippen molar-refractivity contribution < 1.29 is 4.74 Å². The molecule has 0 aliphatic carbocycles. The Labute approximate surface area is 106 Å². The second-order valence-corrected chi connectivity index (χ2v) is 3.86. The molecule has 1 aromatic heterocycles. The molecule has 0 fully saturated rings. The predicted molar refractivity (Wildman–Crippen MR) is 69.9 cm³/mol. The summed E-state index contributed by atoms with van der Waals surface area (Å²) in [6, 6.07) is 7.83. The van der Waals surface area contributed by atoms with Gasteiger partial charge in [0.1, 0.15) is 18.4 Å². The van der Waals surface area contributed by atoms with E-state index in [-0.39, 0.29) is 0 Å². The van der Waals surface area contributed by atoms with E-state index in [0.29, 0.717) is 0 Å². The third kappa shape index (κ3) is 3.69. The topological polar surface area (TPSA) is 52.3 Å². The Morgan fingerprint density at radius 3 is 2.61 bits per heavy atom. The van der Waals surface area contributed by atoms with Crippen LogP contribution >= 0.6 is 0 Å². The van der Waals surface area contributed by atoms with Gasteiger partial charge in [0.2, 0.25) is 0 Å². The first-order valence-corrected chi connectivity index (χ1v) is 6.00. The van der Waals surface area contributed by atoms with E-state index < -0.39 is 0 Å². The molecule has 18 heavy (non-hydrogen) atoms.